The van der Waals surface area contributed by atoms with Crippen molar-refractivity contribution in [2.45, 2.75) is 18.2 Å². The van der Waals surface area contributed by atoms with Crippen molar-refractivity contribution in [3.63, 3.8) is 0 Å². The predicted octanol–water partition coefficient (Wildman–Crippen LogP) is 0.924. The summed E-state index contributed by atoms with van der Waals surface area (Å²) in [6.45, 7) is 1.42. The summed E-state index contributed by atoms with van der Waals surface area (Å²) in [7, 11) is -2.79. The van der Waals surface area contributed by atoms with Crippen molar-refractivity contribution in [3.8, 4) is 0 Å². The first kappa shape index (κ1) is 16.6. The van der Waals surface area contributed by atoms with Gasteiger partial charge in [0.05, 0.1) is 13.0 Å². The van der Waals surface area contributed by atoms with Crippen LogP contribution in [0.2, 0.25) is 0 Å². The second kappa shape index (κ2) is 6.82. The largest absolute Gasteiger partial charge is 0.481 e. The summed E-state index contributed by atoms with van der Waals surface area (Å²) in [5.74, 6) is -2.63. The molecule has 0 bridgehead atoms. The standard InChI is InChI=1S/C11H15NO6S2/c1-3-7(10(13)14)6-12-20(16,17)8-4-5-19-9(8)11(15)18-2/h4-5,7,12H,3,6H2,1-2H3,(H,13,14). The van der Waals surface area contributed by atoms with Crippen LogP contribution >= 0.6 is 11.3 Å². The Kier molecular flexibility index (Phi) is 5.66. The number of esters is 1. The predicted molar refractivity (Wildman–Crippen MR) is 72.3 cm³/mol. The zero-order valence-electron chi connectivity index (χ0n) is 11.0. The second-order valence-electron chi connectivity index (χ2n) is 3.90. The second-order valence-corrected chi connectivity index (χ2v) is 6.55. The number of carboxylic acids is 1. The van der Waals surface area contributed by atoms with Crippen molar-refractivity contribution in [2.24, 2.45) is 5.92 Å². The summed E-state index contributed by atoms with van der Waals surface area (Å²) in [5, 5.41) is 10.3. The molecule has 1 atom stereocenters. The first-order chi connectivity index (χ1) is 9.33. The van der Waals surface area contributed by atoms with E-state index < -0.39 is 27.9 Å². The van der Waals surface area contributed by atoms with Crippen molar-refractivity contribution >= 4 is 33.3 Å². The van der Waals surface area contributed by atoms with Gasteiger partial charge in [0.2, 0.25) is 10.0 Å². The number of thiophene rings is 1. The molecule has 1 heterocycles. The van der Waals surface area contributed by atoms with Crippen LogP contribution in [-0.2, 0) is 19.6 Å². The molecule has 0 amide bonds. The molecule has 7 nitrogen and oxygen atoms in total. The minimum Gasteiger partial charge on any atom is -0.481 e. The molecular formula is C11H15NO6S2. The quantitative estimate of drug-likeness (QED) is 0.723. The Morgan fingerprint density at radius 3 is 2.65 bits per heavy atom. The lowest BCUT2D eigenvalue weighted by Crippen LogP contribution is -2.33. The Morgan fingerprint density at radius 2 is 2.15 bits per heavy atom. The van der Waals surface area contributed by atoms with Gasteiger partial charge in [0, 0.05) is 6.54 Å². The molecule has 0 saturated heterocycles. The fourth-order valence-electron chi connectivity index (χ4n) is 1.44. The summed E-state index contributed by atoms with van der Waals surface area (Å²) in [6, 6.07) is 1.28. The average molecular weight is 321 g/mol. The van der Waals surface area contributed by atoms with Crippen LogP contribution in [-0.4, -0.2) is 39.1 Å². The zero-order chi connectivity index (χ0) is 15.3. The SMILES string of the molecule is CCC(CNS(=O)(=O)c1ccsc1C(=O)OC)C(=O)O. The van der Waals surface area contributed by atoms with Gasteiger partial charge in [0.25, 0.3) is 0 Å². The number of carboxylic acid groups (broad SMARTS) is 1. The van der Waals surface area contributed by atoms with E-state index in [1.165, 1.54) is 11.4 Å². The minimum atomic E-state index is -3.95. The van der Waals surface area contributed by atoms with Gasteiger partial charge in [0.1, 0.15) is 9.77 Å². The average Bonchev–Trinajstić information content (AvgIpc) is 2.88. The van der Waals surface area contributed by atoms with Gasteiger partial charge in [-0.05, 0) is 17.9 Å². The van der Waals surface area contributed by atoms with Gasteiger partial charge in [0.15, 0.2) is 0 Å². The molecule has 0 radical (unpaired) electrons. The number of aliphatic carboxylic acids is 1. The molecule has 1 rings (SSSR count). The first-order valence-corrected chi connectivity index (χ1v) is 8.08. The molecule has 2 N–H and O–H groups in total. The lowest BCUT2D eigenvalue weighted by molar-refractivity contribution is -0.141. The molecule has 20 heavy (non-hydrogen) atoms. The monoisotopic (exact) mass is 321 g/mol. The van der Waals surface area contributed by atoms with Crippen LogP contribution in [0.3, 0.4) is 0 Å². The fraction of sp³-hybridized carbons (Fsp3) is 0.455. The van der Waals surface area contributed by atoms with Crippen LogP contribution in [0, 0.1) is 5.92 Å². The molecule has 0 saturated carbocycles. The highest BCUT2D eigenvalue weighted by atomic mass is 32.2. The zero-order valence-corrected chi connectivity index (χ0v) is 12.6. The Bertz CT molecular complexity index is 592. The summed E-state index contributed by atoms with van der Waals surface area (Å²) in [6.07, 6.45) is 0.297. The number of ether oxygens (including phenoxy) is 1. The van der Waals surface area contributed by atoms with Gasteiger partial charge in [-0.15, -0.1) is 11.3 Å². The number of methoxy groups -OCH3 is 1. The lowest BCUT2D eigenvalue weighted by atomic mass is 10.1. The Balaban J connectivity index is 2.92. The molecule has 9 heteroatoms. The highest BCUT2D eigenvalue weighted by Crippen LogP contribution is 2.22. The number of hydrogen-bond donors (Lipinski definition) is 2. The van der Waals surface area contributed by atoms with Crippen LogP contribution in [0.1, 0.15) is 23.0 Å². The van der Waals surface area contributed by atoms with Gasteiger partial charge in [-0.2, -0.15) is 0 Å². The van der Waals surface area contributed by atoms with E-state index in [-0.39, 0.29) is 16.3 Å². The van der Waals surface area contributed by atoms with Gasteiger partial charge < -0.3 is 9.84 Å². The molecular weight excluding hydrogens is 306 g/mol. The van der Waals surface area contributed by atoms with E-state index in [0.717, 1.165) is 18.4 Å². The third kappa shape index (κ3) is 3.78. The normalized spacial score (nSPS) is 12.9. The van der Waals surface area contributed by atoms with Crippen LogP contribution < -0.4 is 4.72 Å². The van der Waals surface area contributed by atoms with Crippen molar-refractivity contribution in [3.05, 3.63) is 16.3 Å². The number of carbonyl (C=O) groups is 2. The molecule has 0 spiro atoms. The molecule has 0 fully saturated rings. The molecule has 0 aliphatic rings. The molecule has 1 unspecified atom stereocenters. The number of sulfonamides is 1. The maximum absolute atomic E-state index is 12.1. The van der Waals surface area contributed by atoms with Crippen LogP contribution in [0.5, 0.6) is 0 Å². The maximum Gasteiger partial charge on any atom is 0.349 e. The van der Waals surface area contributed by atoms with Crippen LogP contribution in [0.4, 0.5) is 0 Å². The van der Waals surface area contributed by atoms with Crippen LogP contribution in [0.15, 0.2) is 16.3 Å². The summed E-state index contributed by atoms with van der Waals surface area (Å²) < 4.78 is 30.8. The molecule has 1 aromatic rings. The highest BCUT2D eigenvalue weighted by molar-refractivity contribution is 7.89. The Hall–Kier alpha value is -1.45. The molecule has 112 valence electrons. The van der Waals surface area contributed by atoms with E-state index >= 15 is 0 Å². The fourth-order valence-corrected chi connectivity index (χ4v) is 3.86. The van der Waals surface area contributed by atoms with E-state index in [1.54, 1.807) is 6.92 Å². The van der Waals surface area contributed by atoms with Crippen molar-refractivity contribution in [1.29, 1.82) is 0 Å². The first-order valence-electron chi connectivity index (χ1n) is 5.71. The van der Waals surface area contributed by atoms with Crippen molar-refractivity contribution < 1.29 is 27.9 Å². The third-order valence-corrected chi connectivity index (χ3v) is 5.14. The molecule has 1 aromatic heterocycles. The summed E-state index contributed by atoms with van der Waals surface area (Å²) in [4.78, 5) is 22.1. The number of hydrogen-bond acceptors (Lipinski definition) is 6. The van der Waals surface area contributed by atoms with Gasteiger partial charge >= 0.3 is 11.9 Å². The Labute approximate surface area is 120 Å². The van der Waals surface area contributed by atoms with E-state index in [9.17, 15) is 18.0 Å². The van der Waals surface area contributed by atoms with Crippen LogP contribution in [0.25, 0.3) is 0 Å². The van der Waals surface area contributed by atoms with Gasteiger partial charge in [-0.1, -0.05) is 6.92 Å². The van der Waals surface area contributed by atoms with Gasteiger partial charge in [-0.25, -0.2) is 17.9 Å². The topological polar surface area (TPSA) is 110 Å². The molecule has 0 aromatic carbocycles. The van der Waals surface area contributed by atoms with E-state index in [1.807, 2.05) is 0 Å². The number of rotatable bonds is 7. The Morgan fingerprint density at radius 1 is 1.50 bits per heavy atom. The van der Waals surface area contributed by atoms with E-state index in [4.69, 9.17) is 5.11 Å². The van der Waals surface area contributed by atoms with Crippen molar-refractivity contribution in [1.82, 2.24) is 4.72 Å². The van der Waals surface area contributed by atoms with Gasteiger partial charge in [-0.3, -0.25) is 4.79 Å². The van der Waals surface area contributed by atoms with E-state index in [2.05, 4.69) is 9.46 Å². The van der Waals surface area contributed by atoms with Crippen molar-refractivity contribution in [2.75, 3.05) is 13.7 Å². The molecule has 0 aliphatic carbocycles. The third-order valence-electron chi connectivity index (χ3n) is 2.65. The smallest absolute Gasteiger partial charge is 0.349 e. The maximum atomic E-state index is 12.1. The molecule has 0 aliphatic heterocycles. The number of nitrogens with one attached hydrogen (secondary N) is 1. The highest BCUT2D eigenvalue weighted by Gasteiger charge is 2.26. The lowest BCUT2D eigenvalue weighted by Gasteiger charge is -2.11. The summed E-state index contributed by atoms with van der Waals surface area (Å²) in [5.41, 5.74) is 0. The number of carbonyl (C=O) groups excluding carboxylic acids is 1. The minimum absolute atomic E-state index is 0.0385. The summed E-state index contributed by atoms with van der Waals surface area (Å²) >= 11 is 0.945. The van der Waals surface area contributed by atoms with E-state index in [0.29, 0.717) is 6.42 Å².